The molecule has 1 aromatic carbocycles. The maximum absolute atomic E-state index is 12.0. The first-order chi connectivity index (χ1) is 7.24. The zero-order chi connectivity index (χ0) is 10.7. The normalized spacial score (nSPS) is 16.5. The summed E-state index contributed by atoms with van der Waals surface area (Å²) in [6.07, 6.45) is 0.221. The Bertz CT molecular complexity index is 314. The summed E-state index contributed by atoms with van der Waals surface area (Å²) in [5.41, 5.74) is 0. The number of hydrogen-bond acceptors (Lipinski definition) is 3. The van der Waals surface area contributed by atoms with Gasteiger partial charge in [-0.25, -0.2) is 0 Å². The van der Waals surface area contributed by atoms with Gasteiger partial charge in [-0.1, -0.05) is 11.8 Å². The first-order valence-corrected chi connectivity index (χ1v) is 5.54. The average Bonchev–Trinajstić information content (AvgIpc) is 2.13. The molecule has 82 valence electrons. The lowest BCUT2D eigenvalue weighted by Crippen LogP contribution is -2.50. The smallest absolute Gasteiger partial charge is 0.288 e. The SMILES string of the molecule is FC(F)Sc1ccc(OC2CNC2)cc1. The number of rotatable bonds is 4. The van der Waals surface area contributed by atoms with Crippen LogP contribution in [0.3, 0.4) is 0 Å². The van der Waals surface area contributed by atoms with Gasteiger partial charge in [-0.05, 0) is 24.3 Å². The molecule has 0 saturated carbocycles. The zero-order valence-corrected chi connectivity index (χ0v) is 8.77. The first-order valence-electron chi connectivity index (χ1n) is 4.66. The van der Waals surface area contributed by atoms with Gasteiger partial charge in [0.05, 0.1) is 0 Å². The minimum atomic E-state index is -2.37. The van der Waals surface area contributed by atoms with Crippen molar-refractivity contribution in [3.63, 3.8) is 0 Å². The highest BCUT2D eigenvalue weighted by molar-refractivity contribution is 7.99. The van der Waals surface area contributed by atoms with Crippen molar-refractivity contribution in [2.24, 2.45) is 0 Å². The zero-order valence-electron chi connectivity index (χ0n) is 7.95. The third kappa shape index (κ3) is 3.07. The fourth-order valence-corrected chi connectivity index (χ4v) is 1.74. The van der Waals surface area contributed by atoms with E-state index in [0.717, 1.165) is 18.8 Å². The predicted molar refractivity (Wildman–Crippen MR) is 55.6 cm³/mol. The van der Waals surface area contributed by atoms with Gasteiger partial charge in [0, 0.05) is 18.0 Å². The molecular weight excluding hydrogens is 220 g/mol. The standard InChI is InChI=1S/C10H11F2NOS/c11-10(12)15-9-3-1-7(2-4-9)14-8-5-13-6-8/h1-4,8,10,13H,5-6H2. The number of alkyl halides is 2. The highest BCUT2D eigenvalue weighted by Crippen LogP contribution is 2.27. The summed E-state index contributed by atoms with van der Waals surface area (Å²) in [7, 11) is 0. The molecule has 1 N–H and O–H groups in total. The summed E-state index contributed by atoms with van der Waals surface area (Å²) in [6, 6.07) is 6.75. The lowest BCUT2D eigenvalue weighted by Gasteiger charge is -2.27. The van der Waals surface area contributed by atoms with Gasteiger partial charge in [-0.15, -0.1) is 0 Å². The Balaban J connectivity index is 1.91. The molecule has 0 aromatic heterocycles. The third-order valence-corrected chi connectivity index (χ3v) is 2.82. The van der Waals surface area contributed by atoms with E-state index in [4.69, 9.17) is 4.74 Å². The second-order valence-corrected chi connectivity index (χ2v) is 4.31. The molecule has 1 aliphatic heterocycles. The summed E-state index contributed by atoms with van der Waals surface area (Å²) in [6.45, 7) is 1.71. The molecule has 15 heavy (non-hydrogen) atoms. The Kier molecular flexibility index (Phi) is 3.43. The molecule has 0 bridgehead atoms. The second-order valence-electron chi connectivity index (χ2n) is 3.25. The Morgan fingerprint density at radius 3 is 2.40 bits per heavy atom. The molecule has 1 saturated heterocycles. The molecule has 0 atom stereocenters. The number of thioether (sulfide) groups is 1. The Labute approximate surface area is 91.0 Å². The van der Waals surface area contributed by atoms with Crippen LogP contribution in [0.15, 0.2) is 29.2 Å². The second kappa shape index (κ2) is 4.81. The van der Waals surface area contributed by atoms with E-state index in [1.165, 1.54) is 0 Å². The lowest BCUT2D eigenvalue weighted by molar-refractivity contribution is 0.142. The molecule has 0 radical (unpaired) electrons. The van der Waals surface area contributed by atoms with Crippen LogP contribution in [0.1, 0.15) is 0 Å². The van der Waals surface area contributed by atoms with Gasteiger partial charge in [0.25, 0.3) is 5.76 Å². The van der Waals surface area contributed by atoms with Crippen molar-refractivity contribution >= 4 is 11.8 Å². The number of halogens is 2. The number of hydrogen-bond donors (Lipinski definition) is 1. The van der Waals surface area contributed by atoms with Gasteiger partial charge < -0.3 is 10.1 Å². The molecule has 1 aliphatic rings. The van der Waals surface area contributed by atoms with Gasteiger partial charge in [0.2, 0.25) is 0 Å². The van der Waals surface area contributed by atoms with E-state index >= 15 is 0 Å². The molecule has 0 amide bonds. The molecule has 2 nitrogen and oxygen atoms in total. The number of ether oxygens (including phenoxy) is 1. The largest absolute Gasteiger partial charge is 0.488 e. The molecular formula is C10H11F2NOS. The highest BCUT2D eigenvalue weighted by Gasteiger charge is 2.18. The van der Waals surface area contributed by atoms with E-state index < -0.39 is 5.76 Å². The molecule has 1 heterocycles. The topological polar surface area (TPSA) is 21.3 Å². The molecule has 5 heteroatoms. The molecule has 1 fully saturated rings. The summed E-state index contributed by atoms with van der Waals surface area (Å²) < 4.78 is 29.6. The van der Waals surface area contributed by atoms with Gasteiger partial charge in [-0.2, -0.15) is 8.78 Å². The summed E-state index contributed by atoms with van der Waals surface area (Å²) in [4.78, 5) is 0.559. The van der Waals surface area contributed by atoms with Crippen LogP contribution < -0.4 is 10.1 Å². The van der Waals surface area contributed by atoms with Crippen LogP contribution in [0.2, 0.25) is 0 Å². The van der Waals surface area contributed by atoms with Crippen molar-refractivity contribution in [2.45, 2.75) is 16.8 Å². The first kappa shape index (κ1) is 10.7. The Morgan fingerprint density at radius 2 is 1.93 bits per heavy atom. The monoisotopic (exact) mass is 231 g/mol. The van der Waals surface area contributed by atoms with E-state index in [9.17, 15) is 8.78 Å². The van der Waals surface area contributed by atoms with E-state index in [0.29, 0.717) is 16.7 Å². The lowest BCUT2D eigenvalue weighted by atomic mass is 10.2. The highest BCUT2D eigenvalue weighted by atomic mass is 32.2. The predicted octanol–water partition coefficient (Wildman–Crippen LogP) is 2.35. The van der Waals surface area contributed by atoms with Crippen LogP contribution >= 0.6 is 11.8 Å². The molecule has 2 rings (SSSR count). The summed E-state index contributed by atoms with van der Waals surface area (Å²) >= 11 is 0.545. The van der Waals surface area contributed by atoms with Crippen LogP contribution in [-0.4, -0.2) is 25.0 Å². The van der Waals surface area contributed by atoms with Crippen molar-refractivity contribution < 1.29 is 13.5 Å². The van der Waals surface area contributed by atoms with Gasteiger partial charge in [0.15, 0.2) is 0 Å². The molecule has 1 aromatic rings. The van der Waals surface area contributed by atoms with Crippen LogP contribution in [-0.2, 0) is 0 Å². The third-order valence-electron chi connectivity index (χ3n) is 2.10. The van der Waals surface area contributed by atoms with Crippen molar-refractivity contribution in [3.8, 4) is 5.75 Å². The maximum atomic E-state index is 12.0. The van der Waals surface area contributed by atoms with Crippen LogP contribution in [0.5, 0.6) is 5.75 Å². The van der Waals surface area contributed by atoms with E-state index in [2.05, 4.69) is 5.32 Å². The molecule has 0 unspecified atom stereocenters. The van der Waals surface area contributed by atoms with Gasteiger partial charge in [0.1, 0.15) is 11.9 Å². The van der Waals surface area contributed by atoms with Gasteiger partial charge >= 0.3 is 0 Å². The fraction of sp³-hybridized carbons (Fsp3) is 0.400. The summed E-state index contributed by atoms with van der Waals surface area (Å²) in [5.74, 6) is -1.63. The minimum absolute atomic E-state index is 0.221. The van der Waals surface area contributed by atoms with Crippen molar-refractivity contribution in [2.75, 3.05) is 13.1 Å². The van der Waals surface area contributed by atoms with Crippen molar-refractivity contribution in [3.05, 3.63) is 24.3 Å². The van der Waals surface area contributed by atoms with Crippen LogP contribution in [0.25, 0.3) is 0 Å². The molecule has 0 aliphatic carbocycles. The number of benzene rings is 1. The minimum Gasteiger partial charge on any atom is -0.488 e. The summed E-state index contributed by atoms with van der Waals surface area (Å²) in [5, 5.41) is 3.09. The van der Waals surface area contributed by atoms with Gasteiger partial charge in [-0.3, -0.25) is 0 Å². The van der Waals surface area contributed by atoms with E-state index in [1.54, 1.807) is 24.3 Å². The average molecular weight is 231 g/mol. The van der Waals surface area contributed by atoms with Crippen LogP contribution in [0, 0.1) is 0 Å². The quantitative estimate of drug-likeness (QED) is 0.804. The van der Waals surface area contributed by atoms with Crippen molar-refractivity contribution in [1.82, 2.24) is 5.32 Å². The Morgan fingerprint density at radius 1 is 1.27 bits per heavy atom. The van der Waals surface area contributed by atoms with E-state index in [-0.39, 0.29) is 6.10 Å². The van der Waals surface area contributed by atoms with Crippen LogP contribution in [0.4, 0.5) is 8.78 Å². The Hall–Kier alpha value is -0.810. The number of nitrogens with one attached hydrogen (secondary N) is 1. The van der Waals surface area contributed by atoms with Crippen molar-refractivity contribution in [1.29, 1.82) is 0 Å². The maximum Gasteiger partial charge on any atom is 0.288 e. The fourth-order valence-electron chi connectivity index (χ4n) is 1.24. The molecule has 0 spiro atoms. The van der Waals surface area contributed by atoms with E-state index in [1.807, 2.05) is 0 Å².